The maximum atomic E-state index is 3.44. The van der Waals surface area contributed by atoms with Gasteiger partial charge in [-0.15, -0.1) is 0 Å². The summed E-state index contributed by atoms with van der Waals surface area (Å²) in [4.78, 5) is 0. The lowest BCUT2D eigenvalue weighted by Gasteiger charge is -2.41. The highest BCUT2D eigenvalue weighted by Crippen LogP contribution is 2.42. The lowest BCUT2D eigenvalue weighted by Crippen LogP contribution is -2.39. The zero-order valence-corrected chi connectivity index (χ0v) is 11.2. The van der Waals surface area contributed by atoms with Crippen molar-refractivity contribution >= 4 is 0 Å². The van der Waals surface area contributed by atoms with Crippen LogP contribution in [-0.4, -0.2) is 13.1 Å². The zero-order chi connectivity index (χ0) is 11.4. The van der Waals surface area contributed by atoms with Gasteiger partial charge in [-0.2, -0.15) is 0 Å². The second-order valence-electron chi connectivity index (χ2n) is 3.49. The van der Waals surface area contributed by atoms with E-state index in [2.05, 4.69) is 19.2 Å². The summed E-state index contributed by atoms with van der Waals surface area (Å²) in [5.41, 5.74) is 0.704. The molecule has 1 saturated carbocycles. The molecule has 1 fully saturated rings. The van der Waals surface area contributed by atoms with Gasteiger partial charge in [-0.3, -0.25) is 0 Å². The summed E-state index contributed by atoms with van der Waals surface area (Å²) in [7, 11) is 0. The van der Waals surface area contributed by atoms with E-state index in [0.717, 1.165) is 6.54 Å². The van der Waals surface area contributed by atoms with Gasteiger partial charge in [0.1, 0.15) is 0 Å². The van der Waals surface area contributed by atoms with Crippen LogP contribution in [0.5, 0.6) is 0 Å². The van der Waals surface area contributed by atoms with E-state index < -0.39 is 0 Å². The van der Waals surface area contributed by atoms with Crippen LogP contribution in [0.25, 0.3) is 0 Å². The molecule has 0 saturated heterocycles. The zero-order valence-electron chi connectivity index (χ0n) is 11.2. The molecule has 1 aliphatic carbocycles. The Labute approximate surface area is 91.7 Å². The third-order valence-corrected chi connectivity index (χ3v) is 2.91. The SMILES string of the molecule is CC.CC.CCNCC1(CC)CCC1. The molecule has 1 rings (SSSR count). The Morgan fingerprint density at radius 3 is 1.71 bits per heavy atom. The van der Waals surface area contributed by atoms with Gasteiger partial charge >= 0.3 is 0 Å². The maximum Gasteiger partial charge on any atom is 0.000759 e. The van der Waals surface area contributed by atoms with E-state index in [0.29, 0.717) is 5.41 Å². The third kappa shape index (κ3) is 5.64. The predicted octanol–water partition coefficient (Wildman–Crippen LogP) is 4.23. The van der Waals surface area contributed by atoms with Crippen LogP contribution in [0.15, 0.2) is 0 Å². The molecule has 0 aliphatic heterocycles. The van der Waals surface area contributed by atoms with E-state index in [1.807, 2.05) is 27.7 Å². The Morgan fingerprint density at radius 2 is 1.50 bits per heavy atom. The standard InChI is InChI=1S/C9H19N.2C2H6/c1-3-9(6-5-7-9)8-10-4-2;2*1-2/h10H,3-8H2,1-2H3;2*1-2H3. The van der Waals surface area contributed by atoms with E-state index >= 15 is 0 Å². The Hall–Kier alpha value is -0.0400. The fourth-order valence-electron chi connectivity index (χ4n) is 1.72. The van der Waals surface area contributed by atoms with Crippen molar-refractivity contribution in [2.75, 3.05) is 13.1 Å². The fourth-order valence-corrected chi connectivity index (χ4v) is 1.72. The van der Waals surface area contributed by atoms with Crippen LogP contribution < -0.4 is 5.32 Å². The molecule has 0 aromatic heterocycles. The van der Waals surface area contributed by atoms with Crippen LogP contribution in [0.2, 0.25) is 0 Å². The number of hydrogen-bond acceptors (Lipinski definition) is 1. The van der Waals surface area contributed by atoms with Crippen LogP contribution >= 0.6 is 0 Å². The number of nitrogens with one attached hydrogen (secondary N) is 1. The Kier molecular flexibility index (Phi) is 12.9. The normalized spacial score (nSPS) is 16.7. The first kappa shape index (κ1) is 16.4. The summed E-state index contributed by atoms with van der Waals surface area (Å²) in [5, 5.41) is 3.44. The summed E-state index contributed by atoms with van der Waals surface area (Å²) >= 11 is 0. The molecule has 0 radical (unpaired) electrons. The van der Waals surface area contributed by atoms with Crippen LogP contribution in [0.3, 0.4) is 0 Å². The first-order valence-electron chi connectivity index (χ1n) is 6.54. The molecule has 0 spiro atoms. The molecular formula is C13H31N. The summed E-state index contributed by atoms with van der Waals surface area (Å²) in [6.07, 6.45) is 5.73. The maximum absolute atomic E-state index is 3.44. The lowest BCUT2D eigenvalue weighted by molar-refractivity contribution is 0.125. The fraction of sp³-hybridized carbons (Fsp3) is 1.00. The van der Waals surface area contributed by atoms with Crippen molar-refractivity contribution in [2.45, 2.75) is 67.2 Å². The average molecular weight is 201 g/mol. The lowest BCUT2D eigenvalue weighted by atomic mass is 9.67. The van der Waals surface area contributed by atoms with Crippen molar-refractivity contribution in [2.24, 2.45) is 5.41 Å². The minimum Gasteiger partial charge on any atom is -0.316 e. The van der Waals surface area contributed by atoms with E-state index in [-0.39, 0.29) is 0 Å². The molecule has 1 heteroatoms. The minimum absolute atomic E-state index is 0.704. The summed E-state index contributed by atoms with van der Waals surface area (Å²) in [6.45, 7) is 14.9. The highest BCUT2D eigenvalue weighted by Gasteiger charge is 2.33. The van der Waals surface area contributed by atoms with Crippen molar-refractivity contribution in [1.82, 2.24) is 5.32 Å². The highest BCUT2D eigenvalue weighted by molar-refractivity contribution is 4.87. The summed E-state index contributed by atoms with van der Waals surface area (Å²) in [6, 6.07) is 0. The molecule has 0 bridgehead atoms. The third-order valence-electron chi connectivity index (χ3n) is 2.91. The molecule has 0 aromatic rings. The van der Waals surface area contributed by atoms with Gasteiger partial charge in [0.25, 0.3) is 0 Å². The molecule has 88 valence electrons. The smallest absolute Gasteiger partial charge is 0.000759 e. The topological polar surface area (TPSA) is 12.0 Å². The largest absolute Gasteiger partial charge is 0.316 e. The average Bonchev–Trinajstić information content (AvgIpc) is 2.23. The van der Waals surface area contributed by atoms with Crippen molar-refractivity contribution in [3.63, 3.8) is 0 Å². The van der Waals surface area contributed by atoms with E-state index in [1.165, 1.54) is 32.2 Å². The second kappa shape index (κ2) is 11.0. The summed E-state index contributed by atoms with van der Waals surface area (Å²) < 4.78 is 0. The van der Waals surface area contributed by atoms with E-state index in [4.69, 9.17) is 0 Å². The summed E-state index contributed by atoms with van der Waals surface area (Å²) in [5.74, 6) is 0. The van der Waals surface area contributed by atoms with E-state index in [1.54, 1.807) is 0 Å². The predicted molar refractivity (Wildman–Crippen MR) is 67.8 cm³/mol. The molecule has 0 aromatic carbocycles. The van der Waals surface area contributed by atoms with Crippen molar-refractivity contribution in [3.05, 3.63) is 0 Å². The number of hydrogen-bond donors (Lipinski definition) is 1. The van der Waals surface area contributed by atoms with Crippen molar-refractivity contribution in [1.29, 1.82) is 0 Å². The Balaban J connectivity index is 0. The van der Waals surface area contributed by atoms with E-state index in [9.17, 15) is 0 Å². The molecule has 1 nitrogen and oxygen atoms in total. The Morgan fingerprint density at radius 1 is 1.00 bits per heavy atom. The molecule has 0 atom stereocenters. The first-order chi connectivity index (χ1) is 6.83. The molecular weight excluding hydrogens is 170 g/mol. The van der Waals surface area contributed by atoms with Crippen molar-refractivity contribution in [3.8, 4) is 0 Å². The Bertz CT molecular complexity index is 89.9. The molecule has 1 aliphatic rings. The van der Waals surface area contributed by atoms with Gasteiger partial charge in [0, 0.05) is 6.54 Å². The minimum atomic E-state index is 0.704. The molecule has 0 unspecified atom stereocenters. The van der Waals surface area contributed by atoms with Gasteiger partial charge in [-0.1, -0.05) is 48.0 Å². The first-order valence-corrected chi connectivity index (χ1v) is 6.54. The molecule has 1 N–H and O–H groups in total. The molecule has 0 amide bonds. The van der Waals surface area contributed by atoms with Crippen LogP contribution in [-0.2, 0) is 0 Å². The van der Waals surface area contributed by atoms with Gasteiger partial charge < -0.3 is 5.32 Å². The van der Waals surface area contributed by atoms with Crippen molar-refractivity contribution < 1.29 is 0 Å². The van der Waals surface area contributed by atoms with Gasteiger partial charge in [0.05, 0.1) is 0 Å². The molecule has 0 heterocycles. The number of rotatable bonds is 4. The highest BCUT2D eigenvalue weighted by atomic mass is 14.9. The molecule has 14 heavy (non-hydrogen) atoms. The van der Waals surface area contributed by atoms with Crippen LogP contribution in [0.4, 0.5) is 0 Å². The van der Waals surface area contributed by atoms with Crippen LogP contribution in [0, 0.1) is 5.41 Å². The monoisotopic (exact) mass is 201 g/mol. The quantitative estimate of drug-likeness (QED) is 0.718. The van der Waals surface area contributed by atoms with Crippen LogP contribution in [0.1, 0.15) is 67.2 Å². The van der Waals surface area contributed by atoms with Gasteiger partial charge in [-0.25, -0.2) is 0 Å². The van der Waals surface area contributed by atoms with Gasteiger partial charge in [-0.05, 0) is 31.2 Å². The van der Waals surface area contributed by atoms with Gasteiger partial charge in [0.2, 0.25) is 0 Å². The second-order valence-corrected chi connectivity index (χ2v) is 3.49. The van der Waals surface area contributed by atoms with Gasteiger partial charge in [0.15, 0.2) is 0 Å².